The summed E-state index contributed by atoms with van der Waals surface area (Å²) in [7, 11) is 0. The summed E-state index contributed by atoms with van der Waals surface area (Å²) >= 11 is 1.24. The van der Waals surface area contributed by atoms with E-state index in [2.05, 4.69) is 10.3 Å². The van der Waals surface area contributed by atoms with Crippen molar-refractivity contribution in [1.29, 1.82) is 0 Å². The van der Waals surface area contributed by atoms with Crippen LogP contribution in [-0.4, -0.2) is 31.3 Å². The highest BCUT2D eigenvalue weighted by Gasteiger charge is 2.21. The lowest BCUT2D eigenvalue weighted by atomic mass is 10.0. The molecule has 0 fully saturated rings. The van der Waals surface area contributed by atoms with E-state index in [0.29, 0.717) is 10.9 Å². The highest BCUT2D eigenvalue weighted by Crippen LogP contribution is 2.32. The number of carboxylic acid groups (broad SMARTS) is 1. The maximum absolute atomic E-state index is 13.2. The van der Waals surface area contributed by atoms with Gasteiger partial charge in [-0.15, -0.1) is 16.9 Å². The molecule has 0 aliphatic rings. The number of aryl methyl sites for hydroxylation is 3. The second-order valence-electron chi connectivity index (χ2n) is 7.86. The minimum Gasteiger partial charge on any atom is -0.480 e. The molecular formula is C25H22FN3O3S. The zero-order valence-electron chi connectivity index (χ0n) is 18.2. The molecule has 0 aliphatic carbocycles. The second-order valence-corrected chi connectivity index (χ2v) is 9.10. The third-order valence-electron chi connectivity index (χ3n) is 5.38. The van der Waals surface area contributed by atoms with Gasteiger partial charge < -0.3 is 5.11 Å². The van der Waals surface area contributed by atoms with E-state index < -0.39 is 11.2 Å². The molecule has 4 aromatic rings. The smallest absolute Gasteiger partial charge is 0.317 e. The van der Waals surface area contributed by atoms with Gasteiger partial charge in [0.25, 0.3) is 5.56 Å². The Kier molecular flexibility index (Phi) is 6.55. The van der Waals surface area contributed by atoms with Gasteiger partial charge in [0.05, 0.1) is 5.39 Å². The van der Waals surface area contributed by atoms with Crippen LogP contribution in [0, 0.1) is 19.7 Å². The summed E-state index contributed by atoms with van der Waals surface area (Å²) in [5.41, 5.74) is 3.91. The van der Waals surface area contributed by atoms with Crippen LogP contribution in [-0.2, 0) is 11.3 Å². The van der Waals surface area contributed by atoms with Crippen LogP contribution in [0.4, 0.5) is 4.39 Å². The SMILES string of the molecule is Cc1ccc2nnn(CCC(Sc3ccc(-c4ccc(F)cc4)cc3C)C(=O)O)c(=O)c2c1. The molecule has 168 valence electrons. The van der Waals surface area contributed by atoms with Crippen LogP contribution in [0.3, 0.4) is 0 Å². The van der Waals surface area contributed by atoms with E-state index in [4.69, 9.17) is 0 Å². The highest BCUT2D eigenvalue weighted by molar-refractivity contribution is 8.00. The number of fused-ring (bicyclic) bond motifs is 1. The summed E-state index contributed by atoms with van der Waals surface area (Å²) in [5, 5.41) is 17.5. The molecule has 8 heteroatoms. The number of thioether (sulfide) groups is 1. The lowest BCUT2D eigenvalue weighted by Crippen LogP contribution is -2.27. The normalized spacial score (nSPS) is 12.1. The zero-order valence-corrected chi connectivity index (χ0v) is 19.0. The molecule has 4 rings (SSSR count). The van der Waals surface area contributed by atoms with Crippen molar-refractivity contribution in [1.82, 2.24) is 15.0 Å². The molecule has 1 N–H and O–H groups in total. The largest absolute Gasteiger partial charge is 0.480 e. The topological polar surface area (TPSA) is 85.1 Å². The maximum atomic E-state index is 13.2. The Morgan fingerprint density at radius 1 is 1.06 bits per heavy atom. The van der Waals surface area contributed by atoms with E-state index in [0.717, 1.165) is 27.1 Å². The fourth-order valence-corrected chi connectivity index (χ4v) is 4.59. The molecule has 0 bridgehead atoms. The quantitative estimate of drug-likeness (QED) is 0.395. The minimum atomic E-state index is -0.959. The Morgan fingerprint density at radius 3 is 2.48 bits per heavy atom. The van der Waals surface area contributed by atoms with Crippen molar-refractivity contribution in [2.45, 2.75) is 37.0 Å². The number of carboxylic acids is 1. The molecule has 0 aliphatic heterocycles. The van der Waals surface area contributed by atoms with Gasteiger partial charge in [0.1, 0.15) is 16.6 Å². The Balaban J connectivity index is 1.51. The van der Waals surface area contributed by atoms with E-state index in [9.17, 15) is 19.1 Å². The third kappa shape index (κ3) is 5.12. The molecule has 1 heterocycles. The summed E-state index contributed by atoms with van der Waals surface area (Å²) in [6.07, 6.45) is 0.213. The molecule has 0 saturated carbocycles. The van der Waals surface area contributed by atoms with Crippen LogP contribution in [0.15, 0.2) is 70.4 Å². The Morgan fingerprint density at radius 2 is 1.79 bits per heavy atom. The van der Waals surface area contributed by atoms with Crippen molar-refractivity contribution in [2.24, 2.45) is 0 Å². The summed E-state index contributed by atoms with van der Waals surface area (Å²) in [4.78, 5) is 25.5. The number of aliphatic carboxylic acids is 1. The number of carbonyl (C=O) groups is 1. The first-order valence-corrected chi connectivity index (χ1v) is 11.3. The van der Waals surface area contributed by atoms with Gasteiger partial charge in [0.2, 0.25) is 0 Å². The van der Waals surface area contributed by atoms with Crippen molar-refractivity contribution < 1.29 is 14.3 Å². The lowest BCUT2D eigenvalue weighted by molar-refractivity contribution is -0.136. The standard InChI is InChI=1S/C25H22FN3O3S/c1-15-3-9-21-20(13-15)24(30)29(28-27-21)12-11-23(25(31)32)33-22-10-6-18(14-16(22)2)17-4-7-19(26)8-5-17/h3-10,13-14,23H,11-12H2,1-2H3,(H,31,32). The molecular weight excluding hydrogens is 441 g/mol. The third-order valence-corrected chi connectivity index (χ3v) is 6.81. The van der Waals surface area contributed by atoms with E-state index in [1.54, 1.807) is 24.3 Å². The molecule has 6 nitrogen and oxygen atoms in total. The average Bonchev–Trinajstić information content (AvgIpc) is 2.79. The number of halogens is 1. The first kappa shape index (κ1) is 22.7. The van der Waals surface area contributed by atoms with Gasteiger partial charge in [-0.3, -0.25) is 9.59 Å². The number of hydrogen-bond donors (Lipinski definition) is 1. The fraction of sp³-hybridized carbons (Fsp3) is 0.200. The summed E-state index contributed by atoms with van der Waals surface area (Å²) in [6.45, 7) is 3.95. The predicted octanol–water partition coefficient (Wildman–Crippen LogP) is 4.85. The van der Waals surface area contributed by atoms with Crippen LogP contribution in [0.5, 0.6) is 0 Å². The van der Waals surface area contributed by atoms with Crippen molar-refractivity contribution in [3.63, 3.8) is 0 Å². The van der Waals surface area contributed by atoms with E-state index in [1.807, 2.05) is 38.1 Å². The molecule has 1 atom stereocenters. The summed E-state index contributed by atoms with van der Waals surface area (Å²) < 4.78 is 14.4. The van der Waals surface area contributed by atoms with Crippen molar-refractivity contribution >= 4 is 28.6 Å². The van der Waals surface area contributed by atoms with Gasteiger partial charge in [-0.25, -0.2) is 9.07 Å². The zero-order chi connectivity index (χ0) is 23.5. The molecule has 0 radical (unpaired) electrons. The van der Waals surface area contributed by atoms with Crippen LogP contribution < -0.4 is 5.56 Å². The monoisotopic (exact) mass is 463 g/mol. The number of rotatable bonds is 7. The Bertz CT molecular complexity index is 1390. The van der Waals surface area contributed by atoms with Gasteiger partial charge in [0, 0.05) is 11.4 Å². The van der Waals surface area contributed by atoms with Crippen molar-refractivity contribution in [3.8, 4) is 11.1 Å². The maximum Gasteiger partial charge on any atom is 0.317 e. The van der Waals surface area contributed by atoms with E-state index in [1.165, 1.54) is 28.6 Å². The lowest BCUT2D eigenvalue weighted by Gasteiger charge is -2.15. The van der Waals surface area contributed by atoms with Crippen molar-refractivity contribution in [3.05, 3.63) is 88.0 Å². The molecule has 0 spiro atoms. The number of aromatic nitrogens is 3. The Labute approximate surface area is 194 Å². The van der Waals surface area contributed by atoms with Gasteiger partial charge >= 0.3 is 5.97 Å². The summed E-state index contributed by atoms with van der Waals surface area (Å²) in [6, 6.07) is 17.3. The molecule has 0 saturated heterocycles. The molecule has 33 heavy (non-hydrogen) atoms. The highest BCUT2D eigenvalue weighted by atomic mass is 32.2. The van der Waals surface area contributed by atoms with Crippen LogP contribution in [0.25, 0.3) is 22.0 Å². The predicted molar refractivity (Wildman–Crippen MR) is 127 cm³/mol. The van der Waals surface area contributed by atoms with Gasteiger partial charge in [0.15, 0.2) is 0 Å². The van der Waals surface area contributed by atoms with Gasteiger partial charge in [-0.1, -0.05) is 41.1 Å². The van der Waals surface area contributed by atoms with Crippen LogP contribution in [0.2, 0.25) is 0 Å². The van der Waals surface area contributed by atoms with E-state index >= 15 is 0 Å². The second kappa shape index (κ2) is 9.54. The Hall–Kier alpha value is -3.52. The molecule has 1 unspecified atom stereocenters. The first-order chi connectivity index (χ1) is 15.8. The van der Waals surface area contributed by atoms with Crippen molar-refractivity contribution in [2.75, 3.05) is 0 Å². The molecule has 0 amide bonds. The minimum absolute atomic E-state index is 0.145. The number of hydrogen-bond acceptors (Lipinski definition) is 5. The van der Waals surface area contributed by atoms with Gasteiger partial charge in [-0.2, -0.15) is 0 Å². The molecule has 1 aromatic heterocycles. The summed E-state index contributed by atoms with van der Waals surface area (Å²) in [5.74, 6) is -1.25. The molecule has 3 aromatic carbocycles. The number of benzene rings is 3. The van der Waals surface area contributed by atoms with Crippen LogP contribution in [0.1, 0.15) is 17.5 Å². The fourth-order valence-electron chi connectivity index (χ4n) is 3.57. The van der Waals surface area contributed by atoms with E-state index in [-0.39, 0.29) is 24.3 Å². The van der Waals surface area contributed by atoms with Crippen LogP contribution >= 0.6 is 11.8 Å². The average molecular weight is 464 g/mol. The number of nitrogens with zero attached hydrogens (tertiary/aromatic N) is 3. The first-order valence-electron chi connectivity index (χ1n) is 10.4. The van der Waals surface area contributed by atoms with Gasteiger partial charge in [-0.05, 0) is 67.3 Å².